The summed E-state index contributed by atoms with van der Waals surface area (Å²) < 4.78 is 63.1. The van der Waals surface area contributed by atoms with Crippen molar-refractivity contribution in [2.75, 3.05) is 0 Å². The van der Waals surface area contributed by atoms with Crippen molar-refractivity contribution in [3.63, 3.8) is 0 Å². The zero-order chi connectivity index (χ0) is 15.3. The fourth-order valence-electron chi connectivity index (χ4n) is 2.05. The first-order valence-corrected chi connectivity index (χ1v) is 7.20. The minimum atomic E-state index is -5.67. The van der Waals surface area contributed by atoms with E-state index in [-0.39, 0.29) is 5.75 Å². The average molecular weight is 315 g/mol. The van der Waals surface area contributed by atoms with Gasteiger partial charge in [-0.3, -0.25) is 0 Å². The van der Waals surface area contributed by atoms with Crippen LogP contribution in [-0.4, -0.2) is 18.9 Å². The van der Waals surface area contributed by atoms with Crippen LogP contribution >= 0.6 is 0 Å². The topological polar surface area (TPSA) is 59.2 Å². The van der Waals surface area contributed by atoms with Gasteiger partial charge >= 0.3 is 15.6 Å². The standard InChI is InChI=1S/C13H8F3NO3S/c14-13(15,16)21(18,19)20-8-5-6-12-10(7-8)9-3-1-2-4-11(9)17-12/h1-7,17H. The number of nitrogens with one attached hydrogen (secondary N) is 1. The van der Waals surface area contributed by atoms with Gasteiger partial charge in [-0.15, -0.1) is 0 Å². The number of fused-ring (bicyclic) bond motifs is 3. The molecule has 0 saturated heterocycles. The second-order valence-electron chi connectivity index (χ2n) is 4.36. The lowest BCUT2D eigenvalue weighted by atomic mass is 10.1. The number of halogens is 3. The van der Waals surface area contributed by atoms with Gasteiger partial charge in [-0.25, -0.2) is 0 Å². The Labute approximate surface area is 117 Å². The second kappa shape index (κ2) is 4.39. The van der Waals surface area contributed by atoms with Crippen molar-refractivity contribution in [1.82, 2.24) is 4.98 Å². The first kappa shape index (κ1) is 13.7. The van der Waals surface area contributed by atoms with E-state index in [2.05, 4.69) is 9.17 Å². The van der Waals surface area contributed by atoms with E-state index >= 15 is 0 Å². The number of alkyl halides is 3. The van der Waals surface area contributed by atoms with Crippen molar-refractivity contribution in [2.24, 2.45) is 0 Å². The molecule has 0 aliphatic carbocycles. The van der Waals surface area contributed by atoms with Gasteiger partial charge in [0.25, 0.3) is 0 Å². The predicted molar refractivity (Wildman–Crippen MR) is 71.4 cm³/mol. The van der Waals surface area contributed by atoms with Gasteiger partial charge in [0.2, 0.25) is 0 Å². The van der Waals surface area contributed by atoms with Crippen LogP contribution in [0.4, 0.5) is 13.2 Å². The molecule has 0 atom stereocenters. The zero-order valence-electron chi connectivity index (χ0n) is 10.3. The van der Waals surface area contributed by atoms with E-state index in [0.29, 0.717) is 10.9 Å². The highest BCUT2D eigenvalue weighted by atomic mass is 32.2. The van der Waals surface area contributed by atoms with Crippen molar-refractivity contribution in [3.8, 4) is 5.75 Å². The third-order valence-corrected chi connectivity index (χ3v) is 3.95. The lowest BCUT2D eigenvalue weighted by Crippen LogP contribution is -2.28. The van der Waals surface area contributed by atoms with Crippen molar-refractivity contribution in [2.45, 2.75) is 5.51 Å². The van der Waals surface area contributed by atoms with Crippen LogP contribution in [0.5, 0.6) is 5.75 Å². The summed E-state index contributed by atoms with van der Waals surface area (Å²) >= 11 is 0. The summed E-state index contributed by atoms with van der Waals surface area (Å²) in [5.74, 6) is -0.385. The monoisotopic (exact) mass is 315 g/mol. The number of aromatic amines is 1. The molecule has 2 aromatic carbocycles. The minimum absolute atomic E-state index is 0.385. The quantitative estimate of drug-likeness (QED) is 0.581. The molecule has 1 N–H and O–H groups in total. The summed E-state index contributed by atoms with van der Waals surface area (Å²) in [5, 5.41) is 1.35. The third-order valence-electron chi connectivity index (χ3n) is 2.97. The first-order chi connectivity index (χ1) is 9.78. The maximum absolute atomic E-state index is 12.3. The van der Waals surface area contributed by atoms with Crippen molar-refractivity contribution < 1.29 is 25.8 Å². The lowest BCUT2D eigenvalue weighted by molar-refractivity contribution is -0.0500. The fraction of sp³-hybridized carbons (Fsp3) is 0.0769. The van der Waals surface area contributed by atoms with E-state index in [1.54, 1.807) is 12.1 Å². The normalized spacial score (nSPS) is 12.9. The molecule has 4 nitrogen and oxygen atoms in total. The second-order valence-corrected chi connectivity index (χ2v) is 5.90. The van der Waals surface area contributed by atoms with Gasteiger partial charge in [-0.2, -0.15) is 21.6 Å². The Balaban J connectivity index is 2.11. The summed E-state index contributed by atoms with van der Waals surface area (Å²) in [5.41, 5.74) is -3.99. The molecule has 0 aliphatic rings. The molecule has 0 bridgehead atoms. The Morgan fingerprint density at radius 3 is 2.33 bits per heavy atom. The highest BCUT2D eigenvalue weighted by Gasteiger charge is 2.48. The molecule has 110 valence electrons. The SMILES string of the molecule is O=S(=O)(Oc1ccc2[nH]c3ccccc3c2c1)C(F)(F)F. The molecule has 0 aliphatic heterocycles. The highest BCUT2D eigenvalue weighted by Crippen LogP contribution is 2.31. The van der Waals surface area contributed by atoms with E-state index in [0.717, 1.165) is 10.9 Å². The van der Waals surface area contributed by atoms with E-state index in [1.807, 2.05) is 12.1 Å². The molecule has 0 unspecified atom stereocenters. The van der Waals surface area contributed by atoms with Gasteiger partial charge in [0.1, 0.15) is 5.75 Å². The summed E-state index contributed by atoms with van der Waals surface area (Å²) in [6.07, 6.45) is 0. The highest BCUT2D eigenvalue weighted by molar-refractivity contribution is 7.88. The molecule has 0 spiro atoms. The number of hydrogen-bond acceptors (Lipinski definition) is 3. The van der Waals surface area contributed by atoms with Crippen LogP contribution in [0.3, 0.4) is 0 Å². The zero-order valence-corrected chi connectivity index (χ0v) is 11.1. The summed E-state index contributed by atoms with van der Waals surface area (Å²) in [4.78, 5) is 3.07. The number of H-pyrrole nitrogens is 1. The summed E-state index contributed by atoms with van der Waals surface area (Å²) in [7, 11) is -5.67. The number of hydrogen-bond donors (Lipinski definition) is 1. The largest absolute Gasteiger partial charge is 0.534 e. The Kier molecular flexibility index (Phi) is 2.87. The molecule has 3 aromatic rings. The molecule has 0 fully saturated rings. The Morgan fingerprint density at radius 2 is 1.62 bits per heavy atom. The molecule has 8 heteroatoms. The van der Waals surface area contributed by atoms with Gasteiger partial charge in [0.05, 0.1) is 0 Å². The van der Waals surface area contributed by atoms with Crippen LogP contribution < -0.4 is 4.18 Å². The van der Waals surface area contributed by atoms with Gasteiger partial charge < -0.3 is 9.17 Å². The van der Waals surface area contributed by atoms with Crippen LogP contribution in [0.2, 0.25) is 0 Å². The maximum Gasteiger partial charge on any atom is 0.534 e. The van der Waals surface area contributed by atoms with Crippen LogP contribution in [0.15, 0.2) is 42.5 Å². The smallest absolute Gasteiger partial charge is 0.376 e. The van der Waals surface area contributed by atoms with Crippen LogP contribution in [-0.2, 0) is 10.1 Å². The van der Waals surface area contributed by atoms with E-state index in [9.17, 15) is 21.6 Å². The van der Waals surface area contributed by atoms with Crippen LogP contribution in [0.1, 0.15) is 0 Å². The molecule has 0 radical (unpaired) electrons. The maximum atomic E-state index is 12.3. The molecular weight excluding hydrogens is 307 g/mol. The first-order valence-electron chi connectivity index (χ1n) is 5.79. The number of benzene rings is 2. The van der Waals surface area contributed by atoms with Crippen molar-refractivity contribution >= 4 is 31.9 Å². The van der Waals surface area contributed by atoms with Crippen LogP contribution in [0.25, 0.3) is 21.8 Å². The molecule has 3 rings (SSSR count). The van der Waals surface area contributed by atoms with E-state index in [4.69, 9.17) is 0 Å². The van der Waals surface area contributed by atoms with Gasteiger partial charge in [0, 0.05) is 21.8 Å². The minimum Gasteiger partial charge on any atom is -0.376 e. The molecule has 0 amide bonds. The molecule has 0 saturated carbocycles. The van der Waals surface area contributed by atoms with E-state index in [1.165, 1.54) is 18.2 Å². The Bertz CT molecular complexity index is 929. The van der Waals surface area contributed by atoms with Crippen molar-refractivity contribution in [1.29, 1.82) is 0 Å². The lowest BCUT2D eigenvalue weighted by Gasteiger charge is -2.09. The molecular formula is C13H8F3NO3S. The number of rotatable bonds is 2. The molecule has 1 aromatic heterocycles. The third kappa shape index (κ3) is 2.31. The van der Waals surface area contributed by atoms with Gasteiger partial charge in [-0.1, -0.05) is 18.2 Å². The Morgan fingerprint density at radius 1 is 0.952 bits per heavy atom. The van der Waals surface area contributed by atoms with E-state index < -0.39 is 15.6 Å². The fourth-order valence-corrected chi connectivity index (χ4v) is 2.50. The number of para-hydroxylation sites is 1. The Hall–Kier alpha value is -2.22. The van der Waals surface area contributed by atoms with Crippen LogP contribution in [0, 0.1) is 0 Å². The number of aromatic nitrogens is 1. The molecule has 21 heavy (non-hydrogen) atoms. The van der Waals surface area contributed by atoms with Crippen molar-refractivity contribution in [3.05, 3.63) is 42.5 Å². The molecule has 1 heterocycles. The van der Waals surface area contributed by atoms with Gasteiger partial charge in [-0.05, 0) is 24.3 Å². The van der Waals surface area contributed by atoms with Gasteiger partial charge in [0.15, 0.2) is 0 Å². The average Bonchev–Trinajstić information content (AvgIpc) is 2.75. The predicted octanol–water partition coefficient (Wildman–Crippen LogP) is 3.55. The summed E-state index contributed by atoms with van der Waals surface area (Å²) in [6.45, 7) is 0. The summed E-state index contributed by atoms with van der Waals surface area (Å²) in [6, 6.07) is 11.1.